The van der Waals surface area contributed by atoms with Gasteiger partial charge in [-0.2, -0.15) is 5.26 Å². The van der Waals surface area contributed by atoms with Gasteiger partial charge in [-0.15, -0.1) is 0 Å². The standard InChI is InChI=1S/C23H23NO2/c1-15-22(17-5-7-26-8-6-17)13-19-4-3-18(12-23(15)19)20-9-16(14-24)10-21(11-20)25-2/h3-4,9-12,17,22H,1,5-8,13H2,2H3. The Kier molecular flexibility index (Phi) is 4.53. The zero-order chi connectivity index (χ0) is 18.1. The Morgan fingerprint density at radius 1 is 1.12 bits per heavy atom. The van der Waals surface area contributed by atoms with E-state index in [4.69, 9.17) is 9.47 Å². The van der Waals surface area contributed by atoms with Gasteiger partial charge in [0.2, 0.25) is 0 Å². The maximum absolute atomic E-state index is 9.27. The van der Waals surface area contributed by atoms with Crippen molar-refractivity contribution < 1.29 is 9.47 Å². The number of ether oxygens (including phenoxy) is 2. The lowest BCUT2D eigenvalue weighted by Crippen LogP contribution is -2.23. The molecular weight excluding hydrogens is 322 g/mol. The van der Waals surface area contributed by atoms with E-state index in [2.05, 4.69) is 30.8 Å². The van der Waals surface area contributed by atoms with Gasteiger partial charge in [0.1, 0.15) is 5.75 Å². The van der Waals surface area contributed by atoms with E-state index in [0.29, 0.717) is 23.1 Å². The van der Waals surface area contributed by atoms with Gasteiger partial charge in [-0.05, 0) is 83.2 Å². The summed E-state index contributed by atoms with van der Waals surface area (Å²) in [5.74, 6) is 1.91. The summed E-state index contributed by atoms with van der Waals surface area (Å²) in [7, 11) is 1.63. The fraction of sp³-hybridized carbons (Fsp3) is 0.348. The summed E-state index contributed by atoms with van der Waals surface area (Å²) in [6.07, 6.45) is 3.35. The highest BCUT2D eigenvalue weighted by Gasteiger charge is 2.32. The number of rotatable bonds is 3. The van der Waals surface area contributed by atoms with Crippen LogP contribution in [0.15, 0.2) is 43.0 Å². The maximum Gasteiger partial charge on any atom is 0.120 e. The molecule has 2 aliphatic rings. The summed E-state index contributed by atoms with van der Waals surface area (Å²) in [4.78, 5) is 0. The minimum absolute atomic E-state index is 0.532. The van der Waals surface area contributed by atoms with Crippen LogP contribution in [0.1, 0.15) is 29.5 Å². The summed E-state index contributed by atoms with van der Waals surface area (Å²) in [5.41, 5.74) is 6.65. The highest BCUT2D eigenvalue weighted by atomic mass is 16.5. The first kappa shape index (κ1) is 16.9. The molecule has 3 nitrogen and oxygen atoms in total. The number of allylic oxidation sites excluding steroid dienone is 1. The fourth-order valence-corrected chi connectivity index (χ4v) is 4.31. The smallest absolute Gasteiger partial charge is 0.120 e. The lowest BCUT2D eigenvalue weighted by molar-refractivity contribution is 0.0558. The van der Waals surface area contributed by atoms with Crippen LogP contribution in [0.2, 0.25) is 0 Å². The molecular formula is C23H23NO2. The van der Waals surface area contributed by atoms with Crippen molar-refractivity contribution >= 4 is 5.57 Å². The second-order valence-electron chi connectivity index (χ2n) is 7.22. The molecule has 4 rings (SSSR count). The number of fused-ring (bicyclic) bond motifs is 1. The van der Waals surface area contributed by atoms with Crippen LogP contribution >= 0.6 is 0 Å². The molecule has 26 heavy (non-hydrogen) atoms. The monoisotopic (exact) mass is 345 g/mol. The van der Waals surface area contributed by atoms with Crippen molar-refractivity contribution in [2.24, 2.45) is 11.8 Å². The third-order valence-electron chi connectivity index (χ3n) is 5.78. The fourth-order valence-electron chi connectivity index (χ4n) is 4.31. The van der Waals surface area contributed by atoms with E-state index < -0.39 is 0 Å². The van der Waals surface area contributed by atoms with E-state index >= 15 is 0 Å². The van der Waals surface area contributed by atoms with Crippen molar-refractivity contribution in [3.63, 3.8) is 0 Å². The Morgan fingerprint density at radius 3 is 2.65 bits per heavy atom. The molecule has 0 radical (unpaired) electrons. The van der Waals surface area contributed by atoms with Crippen LogP contribution in [0.3, 0.4) is 0 Å². The molecule has 3 heteroatoms. The summed E-state index contributed by atoms with van der Waals surface area (Å²) in [5, 5.41) is 9.27. The largest absolute Gasteiger partial charge is 0.497 e. The molecule has 1 atom stereocenters. The van der Waals surface area contributed by atoms with E-state index in [1.54, 1.807) is 13.2 Å². The van der Waals surface area contributed by atoms with Crippen molar-refractivity contribution in [1.29, 1.82) is 5.26 Å². The summed E-state index contributed by atoms with van der Waals surface area (Å²) in [6.45, 7) is 6.18. The molecule has 0 spiro atoms. The molecule has 2 aromatic carbocycles. The molecule has 0 saturated carbocycles. The Hall–Kier alpha value is -2.57. The van der Waals surface area contributed by atoms with E-state index in [0.717, 1.165) is 43.6 Å². The topological polar surface area (TPSA) is 42.2 Å². The number of benzene rings is 2. The van der Waals surface area contributed by atoms with Crippen LogP contribution in [-0.2, 0) is 11.2 Å². The molecule has 132 valence electrons. The molecule has 1 saturated heterocycles. The van der Waals surface area contributed by atoms with Crippen LogP contribution in [0.4, 0.5) is 0 Å². The minimum atomic E-state index is 0.532. The molecule has 0 N–H and O–H groups in total. The summed E-state index contributed by atoms with van der Waals surface area (Å²) >= 11 is 0. The van der Waals surface area contributed by atoms with Crippen molar-refractivity contribution in [1.82, 2.24) is 0 Å². The van der Waals surface area contributed by atoms with Crippen molar-refractivity contribution in [3.8, 4) is 22.9 Å². The zero-order valence-corrected chi connectivity index (χ0v) is 15.1. The second kappa shape index (κ2) is 6.97. The number of nitrogens with zero attached hydrogens (tertiary/aromatic N) is 1. The zero-order valence-electron chi connectivity index (χ0n) is 15.1. The molecule has 0 amide bonds. The predicted octanol–water partition coefficient (Wildman–Crippen LogP) is 4.85. The highest BCUT2D eigenvalue weighted by molar-refractivity contribution is 5.78. The van der Waals surface area contributed by atoms with Crippen molar-refractivity contribution in [2.75, 3.05) is 20.3 Å². The van der Waals surface area contributed by atoms with Crippen LogP contribution in [0, 0.1) is 23.2 Å². The highest BCUT2D eigenvalue weighted by Crippen LogP contribution is 2.44. The molecule has 1 unspecified atom stereocenters. The van der Waals surface area contributed by atoms with E-state index in [9.17, 15) is 5.26 Å². The van der Waals surface area contributed by atoms with Gasteiger partial charge < -0.3 is 9.47 Å². The normalized spacial score (nSPS) is 19.8. The van der Waals surface area contributed by atoms with Crippen LogP contribution < -0.4 is 4.74 Å². The first-order valence-electron chi connectivity index (χ1n) is 9.19. The van der Waals surface area contributed by atoms with Crippen molar-refractivity contribution in [3.05, 3.63) is 59.7 Å². The predicted molar refractivity (Wildman–Crippen MR) is 103 cm³/mol. The second-order valence-corrected chi connectivity index (χ2v) is 7.22. The number of methoxy groups -OCH3 is 1. The van der Waals surface area contributed by atoms with E-state index in [-0.39, 0.29) is 0 Å². The molecule has 1 aliphatic heterocycles. The average Bonchev–Trinajstić information content (AvgIpc) is 3.04. The molecule has 1 heterocycles. The molecule has 1 aliphatic carbocycles. The Labute approximate surface area is 154 Å². The number of hydrogen-bond donors (Lipinski definition) is 0. The minimum Gasteiger partial charge on any atom is -0.497 e. The SMILES string of the molecule is C=C1c2cc(-c3cc(C#N)cc(OC)c3)ccc2CC1C1CCOCC1. The van der Waals surface area contributed by atoms with Crippen LogP contribution in [0.5, 0.6) is 5.75 Å². The number of nitriles is 1. The Bertz CT molecular complexity index is 888. The molecule has 0 bridgehead atoms. The molecule has 0 aromatic heterocycles. The van der Waals surface area contributed by atoms with Gasteiger partial charge in [0, 0.05) is 13.2 Å². The van der Waals surface area contributed by atoms with E-state index in [1.807, 2.05) is 12.1 Å². The third kappa shape index (κ3) is 3.02. The quantitative estimate of drug-likeness (QED) is 0.799. The maximum atomic E-state index is 9.27. The van der Waals surface area contributed by atoms with Gasteiger partial charge in [0.15, 0.2) is 0 Å². The van der Waals surface area contributed by atoms with Gasteiger partial charge >= 0.3 is 0 Å². The van der Waals surface area contributed by atoms with Gasteiger partial charge in [0.05, 0.1) is 18.7 Å². The Balaban J connectivity index is 1.67. The summed E-state index contributed by atoms with van der Waals surface area (Å²) < 4.78 is 10.9. The first-order valence-corrected chi connectivity index (χ1v) is 9.19. The van der Waals surface area contributed by atoms with E-state index in [1.165, 1.54) is 16.7 Å². The van der Waals surface area contributed by atoms with Gasteiger partial charge in [-0.25, -0.2) is 0 Å². The van der Waals surface area contributed by atoms with Gasteiger partial charge in [0.25, 0.3) is 0 Å². The third-order valence-corrected chi connectivity index (χ3v) is 5.78. The first-order chi connectivity index (χ1) is 12.7. The van der Waals surface area contributed by atoms with Crippen LogP contribution in [0.25, 0.3) is 16.7 Å². The lowest BCUT2D eigenvalue weighted by Gasteiger charge is -2.28. The number of hydrogen-bond acceptors (Lipinski definition) is 3. The van der Waals surface area contributed by atoms with Gasteiger partial charge in [-0.3, -0.25) is 0 Å². The van der Waals surface area contributed by atoms with Crippen LogP contribution in [-0.4, -0.2) is 20.3 Å². The summed E-state index contributed by atoms with van der Waals surface area (Å²) in [6, 6.07) is 14.5. The molecule has 1 fully saturated rings. The average molecular weight is 345 g/mol. The van der Waals surface area contributed by atoms with Crippen molar-refractivity contribution in [2.45, 2.75) is 19.3 Å². The molecule has 2 aromatic rings. The van der Waals surface area contributed by atoms with Gasteiger partial charge in [-0.1, -0.05) is 18.7 Å². The Morgan fingerprint density at radius 2 is 1.92 bits per heavy atom. The lowest BCUT2D eigenvalue weighted by atomic mass is 9.82.